The largest absolute Gasteiger partial charge is 0.409 e. The minimum atomic E-state index is -4.36. The normalized spacial score (nSPS) is 12.8. The third-order valence-corrected chi connectivity index (χ3v) is 2.10. The average molecular weight is 265 g/mol. The number of nitrogens with one attached hydrogen (secondary N) is 1. The fourth-order valence-corrected chi connectivity index (χ4v) is 1.31. The highest BCUT2D eigenvalue weighted by molar-refractivity contribution is 5.97. The van der Waals surface area contributed by atoms with Gasteiger partial charge in [0.1, 0.15) is 5.82 Å². The standard InChI is InChI=1S/C10H11F4N3O/c11-8-6(4-16-5-10(12,13)14)2-1-3-7(8)9(15)17-18/h1-3,16,18H,4-5H2,(H2,15,17). The number of halogens is 4. The van der Waals surface area contributed by atoms with E-state index in [1.807, 2.05) is 0 Å². The first kappa shape index (κ1) is 14.2. The number of rotatable bonds is 4. The monoisotopic (exact) mass is 265 g/mol. The van der Waals surface area contributed by atoms with Crippen LogP contribution in [0.2, 0.25) is 0 Å². The third kappa shape index (κ3) is 3.88. The van der Waals surface area contributed by atoms with Crippen molar-refractivity contribution in [2.45, 2.75) is 12.7 Å². The van der Waals surface area contributed by atoms with Gasteiger partial charge in [-0.05, 0) is 6.07 Å². The zero-order valence-electron chi connectivity index (χ0n) is 9.13. The van der Waals surface area contributed by atoms with E-state index in [4.69, 9.17) is 10.9 Å². The van der Waals surface area contributed by atoms with Crippen LogP contribution in [0.1, 0.15) is 11.1 Å². The maximum atomic E-state index is 13.7. The fraction of sp³-hybridized carbons (Fsp3) is 0.300. The van der Waals surface area contributed by atoms with Gasteiger partial charge in [0.05, 0.1) is 12.1 Å². The Balaban J connectivity index is 2.79. The van der Waals surface area contributed by atoms with Crippen molar-refractivity contribution in [3.05, 3.63) is 35.1 Å². The molecule has 0 radical (unpaired) electrons. The summed E-state index contributed by atoms with van der Waals surface area (Å²) in [4.78, 5) is 0. The van der Waals surface area contributed by atoms with Crippen molar-refractivity contribution >= 4 is 5.84 Å². The van der Waals surface area contributed by atoms with Gasteiger partial charge in [0.2, 0.25) is 0 Å². The highest BCUT2D eigenvalue weighted by Crippen LogP contribution is 2.15. The van der Waals surface area contributed by atoms with Gasteiger partial charge in [0.25, 0.3) is 0 Å². The SMILES string of the molecule is N/C(=N/O)c1cccc(CNCC(F)(F)F)c1F. The summed E-state index contributed by atoms with van der Waals surface area (Å²) in [5, 5.41) is 13.1. The first-order valence-electron chi connectivity index (χ1n) is 4.88. The maximum absolute atomic E-state index is 13.7. The van der Waals surface area contributed by atoms with Crippen LogP contribution in [0.4, 0.5) is 17.6 Å². The molecule has 100 valence electrons. The molecule has 0 spiro atoms. The summed E-state index contributed by atoms with van der Waals surface area (Å²) < 4.78 is 49.4. The van der Waals surface area contributed by atoms with E-state index in [2.05, 4.69) is 10.5 Å². The number of amidine groups is 1. The Hall–Kier alpha value is -1.83. The van der Waals surface area contributed by atoms with Crippen LogP contribution in [0.15, 0.2) is 23.4 Å². The summed E-state index contributed by atoms with van der Waals surface area (Å²) in [6, 6.07) is 3.98. The van der Waals surface area contributed by atoms with Gasteiger partial charge in [-0.25, -0.2) is 4.39 Å². The van der Waals surface area contributed by atoms with Gasteiger partial charge in [0, 0.05) is 12.1 Å². The molecule has 18 heavy (non-hydrogen) atoms. The molecular weight excluding hydrogens is 254 g/mol. The molecule has 0 fully saturated rings. The predicted octanol–water partition coefficient (Wildman–Crippen LogP) is 1.57. The van der Waals surface area contributed by atoms with Crippen molar-refractivity contribution in [1.29, 1.82) is 0 Å². The summed E-state index contributed by atoms with van der Waals surface area (Å²) in [6.07, 6.45) is -4.36. The third-order valence-electron chi connectivity index (χ3n) is 2.10. The molecule has 1 rings (SSSR count). The van der Waals surface area contributed by atoms with E-state index in [0.717, 1.165) is 0 Å². The number of hydrogen-bond donors (Lipinski definition) is 3. The highest BCUT2D eigenvalue weighted by atomic mass is 19.4. The molecule has 0 atom stereocenters. The zero-order chi connectivity index (χ0) is 13.8. The molecule has 1 aromatic carbocycles. The van der Waals surface area contributed by atoms with E-state index in [-0.39, 0.29) is 17.7 Å². The molecule has 0 aliphatic heterocycles. The topological polar surface area (TPSA) is 70.6 Å². The summed E-state index contributed by atoms with van der Waals surface area (Å²) >= 11 is 0. The summed E-state index contributed by atoms with van der Waals surface area (Å²) in [5.74, 6) is -1.26. The second-order valence-electron chi connectivity index (χ2n) is 3.48. The van der Waals surface area contributed by atoms with Gasteiger partial charge in [-0.3, -0.25) is 0 Å². The number of hydrogen-bond acceptors (Lipinski definition) is 3. The second-order valence-corrected chi connectivity index (χ2v) is 3.48. The molecule has 0 unspecified atom stereocenters. The number of nitrogens with two attached hydrogens (primary N) is 1. The number of nitrogens with zero attached hydrogens (tertiary/aromatic N) is 1. The molecule has 4 N–H and O–H groups in total. The Morgan fingerprint density at radius 1 is 1.39 bits per heavy atom. The number of oxime groups is 1. The number of alkyl halides is 3. The molecule has 0 aliphatic carbocycles. The average Bonchev–Trinajstić information content (AvgIpc) is 2.29. The summed E-state index contributed by atoms with van der Waals surface area (Å²) in [6.45, 7) is -1.53. The van der Waals surface area contributed by atoms with Crippen molar-refractivity contribution in [3.63, 3.8) is 0 Å². The van der Waals surface area contributed by atoms with E-state index in [9.17, 15) is 17.6 Å². The van der Waals surface area contributed by atoms with Crippen LogP contribution in [0.25, 0.3) is 0 Å². The Kier molecular flexibility index (Phi) is 4.49. The van der Waals surface area contributed by atoms with Crippen molar-refractivity contribution in [2.75, 3.05) is 6.54 Å². The van der Waals surface area contributed by atoms with Crippen LogP contribution in [-0.4, -0.2) is 23.8 Å². The minimum absolute atomic E-state index is 0.00310. The quantitative estimate of drug-likeness (QED) is 0.254. The van der Waals surface area contributed by atoms with Gasteiger partial charge in [-0.2, -0.15) is 13.2 Å². The smallest absolute Gasteiger partial charge is 0.401 e. The molecular formula is C10H11F4N3O. The van der Waals surface area contributed by atoms with Gasteiger partial charge < -0.3 is 16.3 Å². The van der Waals surface area contributed by atoms with Gasteiger partial charge in [-0.1, -0.05) is 17.3 Å². The molecule has 4 nitrogen and oxygen atoms in total. The van der Waals surface area contributed by atoms with Crippen LogP contribution < -0.4 is 11.1 Å². The van der Waals surface area contributed by atoms with E-state index in [1.54, 1.807) is 0 Å². The lowest BCUT2D eigenvalue weighted by molar-refractivity contribution is -0.125. The van der Waals surface area contributed by atoms with Crippen LogP contribution >= 0.6 is 0 Å². The second kappa shape index (κ2) is 5.67. The molecule has 0 saturated heterocycles. The van der Waals surface area contributed by atoms with E-state index in [1.165, 1.54) is 18.2 Å². The number of benzene rings is 1. The lowest BCUT2D eigenvalue weighted by Gasteiger charge is -2.10. The molecule has 1 aromatic rings. The van der Waals surface area contributed by atoms with Crippen molar-refractivity contribution in [2.24, 2.45) is 10.9 Å². The van der Waals surface area contributed by atoms with E-state index >= 15 is 0 Å². The van der Waals surface area contributed by atoms with Crippen LogP contribution in [0.3, 0.4) is 0 Å². The van der Waals surface area contributed by atoms with E-state index < -0.39 is 24.4 Å². The Bertz CT molecular complexity index is 445. The van der Waals surface area contributed by atoms with Crippen LogP contribution in [-0.2, 0) is 6.54 Å². The minimum Gasteiger partial charge on any atom is -0.409 e. The molecule has 0 aliphatic rings. The summed E-state index contributed by atoms with van der Waals surface area (Å²) in [5.41, 5.74) is 5.06. The maximum Gasteiger partial charge on any atom is 0.401 e. The Morgan fingerprint density at radius 2 is 2.06 bits per heavy atom. The fourth-order valence-electron chi connectivity index (χ4n) is 1.31. The first-order valence-corrected chi connectivity index (χ1v) is 4.88. The van der Waals surface area contributed by atoms with E-state index in [0.29, 0.717) is 0 Å². The highest BCUT2D eigenvalue weighted by Gasteiger charge is 2.26. The van der Waals surface area contributed by atoms with Crippen molar-refractivity contribution < 1.29 is 22.8 Å². The molecule has 0 saturated carbocycles. The van der Waals surface area contributed by atoms with Crippen LogP contribution in [0, 0.1) is 5.82 Å². The Morgan fingerprint density at radius 3 is 2.61 bits per heavy atom. The van der Waals surface area contributed by atoms with Gasteiger partial charge in [-0.15, -0.1) is 0 Å². The molecule has 8 heteroatoms. The Labute approximate surface area is 100 Å². The molecule has 0 heterocycles. The van der Waals surface area contributed by atoms with Crippen molar-refractivity contribution in [3.8, 4) is 0 Å². The molecule has 0 bridgehead atoms. The van der Waals surface area contributed by atoms with Gasteiger partial charge in [0.15, 0.2) is 5.84 Å². The summed E-state index contributed by atoms with van der Waals surface area (Å²) in [7, 11) is 0. The molecule has 0 aromatic heterocycles. The zero-order valence-corrected chi connectivity index (χ0v) is 9.13. The lowest BCUT2D eigenvalue weighted by Crippen LogP contribution is -2.29. The van der Waals surface area contributed by atoms with Gasteiger partial charge >= 0.3 is 6.18 Å². The first-order chi connectivity index (χ1) is 8.35. The molecule has 0 amide bonds. The predicted molar refractivity (Wildman–Crippen MR) is 56.7 cm³/mol. The lowest BCUT2D eigenvalue weighted by atomic mass is 10.1. The van der Waals surface area contributed by atoms with Crippen LogP contribution in [0.5, 0.6) is 0 Å². The van der Waals surface area contributed by atoms with Crippen molar-refractivity contribution in [1.82, 2.24) is 5.32 Å².